The molecule has 3 aromatic rings. The standard InChI is InChI=1S/C22H25FN4O/c1-26-10-5-6-21(26)20-15-18(17-14-16(23)7-8-19(17)25-20)22(28)24-9-13-27-11-3-2-4-12-27/h5-8,10,14-15H,2-4,9,11-13H2,1H3,(H,24,28). The summed E-state index contributed by atoms with van der Waals surface area (Å²) in [5, 5.41) is 3.54. The zero-order valence-electron chi connectivity index (χ0n) is 16.1. The molecule has 5 nitrogen and oxygen atoms in total. The second-order valence-electron chi connectivity index (χ2n) is 7.38. The molecule has 0 aliphatic carbocycles. The number of halogens is 1. The second kappa shape index (κ2) is 8.10. The molecule has 1 saturated heterocycles. The Balaban J connectivity index is 1.61. The van der Waals surface area contributed by atoms with E-state index in [1.165, 1.54) is 31.4 Å². The summed E-state index contributed by atoms with van der Waals surface area (Å²) in [6, 6.07) is 10.0. The van der Waals surface area contributed by atoms with Gasteiger partial charge in [0.2, 0.25) is 0 Å². The molecule has 1 N–H and O–H groups in total. The minimum absolute atomic E-state index is 0.189. The Morgan fingerprint density at radius 1 is 1.18 bits per heavy atom. The summed E-state index contributed by atoms with van der Waals surface area (Å²) in [5.41, 5.74) is 2.68. The number of aromatic nitrogens is 2. The van der Waals surface area contributed by atoms with Crippen LogP contribution in [-0.4, -0.2) is 46.5 Å². The SMILES string of the molecule is Cn1cccc1-c1cc(C(=O)NCCN2CCCCC2)c2cc(F)ccc2n1. The molecule has 0 spiro atoms. The highest BCUT2D eigenvalue weighted by atomic mass is 19.1. The Hall–Kier alpha value is -2.73. The summed E-state index contributed by atoms with van der Waals surface area (Å²) >= 11 is 0. The third-order valence-electron chi connectivity index (χ3n) is 5.38. The number of nitrogens with zero attached hydrogens (tertiary/aromatic N) is 3. The summed E-state index contributed by atoms with van der Waals surface area (Å²) < 4.78 is 15.8. The summed E-state index contributed by atoms with van der Waals surface area (Å²) in [4.78, 5) is 20.0. The number of amides is 1. The van der Waals surface area contributed by atoms with Crippen molar-refractivity contribution >= 4 is 16.8 Å². The fourth-order valence-corrected chi connectivity index (χ4v) is 3.85. The molecule has 4 rings (SSSR count). The first-order chi connectivity index (χ1) is 13.6. The molecule has 1 aromatic carbocycles. The van der Waals surface area contributed by atoms with Crippen molar-refractivity contribution in [2.24, 2.45) is 7.05 Å². The normalized spacial score (nSPS) is 15.1. The van der Waals surface area contributed by atoms with Crippen LogP contribution in [-0.2, 0) is 7.05 Å². The second-order valence-corrected chi connectivity index (χ2v) is 7.38. The van der Waals surface area contributed by atoms with Crippen molar-refractivity contribution in [1.29, 1.82) is 0 Å². The van der Waals surface area contributed by atoms with Crippen LogP contribution >= 0.6 is 0 Å². The Morgan fingerprint density at radius 2 is 2.00 bits per heavy atom. The molecule has 1 aliphatic heterocycles. The fourth-order valence-electron chi connectivity index (χ4n) is 3.85. The third kappa shape index (κ3) is 3.92. The maximum atomic E-state index is 13.8. The first-order valence-electron chi connectivity index (χ1n) is 9.84. The quantitative estimate of drug-likeness (QED) is 0.736. The van der Waals surface area contributed by atoms with Crippen molar-refractivity contribution in [3.8, 4) is 11.4 Å². The predicted octanol–water partition coefficient (Wildman–Crippen LogP) is 3.60. The number of carbonyl (C=O) groups is 1. The highest BCUT2D eigenvalue weighted by Gasteiger charge is 2.16. The number of likely N-dealkylation sites (tertiary alicyclic amines) is 1. The van der Waals surface area contributed by atoms with Gasteiger partial charge in [0.1, 0.15) is 5.82 Å². The number of hydrogen-bond acceptors (Lipinski definition) is 3. The van der Waals surface area contributed by atoms with Crippen molar-refractivity contribution in [3.05, 3.63) is 54.0 Å². The molecule has 1 fully saturated rings. The molecule has 1 aliphatic rings. The van der Waals surface area contributed by atoms with Crippen molar-refractivity contribution in [3.63, 3.8) is 0 Å². The molecule has 0 unspecified atom stereocenters. The van der Waals surface area contributed by atoms with E-state index in [0.717, 1.165) is 25.3 Å². The molecule has 2 aromatic heterocycles. The summed E-state index contributed by atoms with van der Waals surface area (Å²) in [5.74, 6) is -0.561. The van der Waals surface area contributed by atoms with E-state index in [0.29, 0.717) is 28.7 Å². The lowest BCUT2D eigenvalue weighted by atomic mass is 10.1. The zero-order chi connectivity index (χ0) is 19.5. The average molecular weight is 380 g/mol. The van der Waals surface area contributed by atoms with Gasteiger partial charge in [-0.05, 0) is 62.3 Å². The smallest absolute Gasteiger partial charge is 0.252 e. The largest absolute Gasteiger partial charge is 0.351 e. The van der Waals surface area contributed by atoms with E-state index >= 15 is 0 Å². The Morgan fingerprint density at radius 3 is 2.75 bits per heavy atom. The van der Waals surface area contributed by atoms with Crippen LogP contribution in [0.2, 0.25) is 0 Å². The molecular formula is C22H25FN4O. The van der Waals surface area contributed by atoms with Gasteiger partial charge in [-0.15, -0.1) is 0 Å². The van der Waals surface area contributed by atoms with Gasteiger partial charge in [-0.3, -0.25) is 4.79 Å². The average Bonchev–Trinajstić information content (AvgIpc) is 3.14. The van der Waals surface area contributed by atoms with Crippen molar-refractivity contribution in [2.75, 3.05) is 26.2 Å². The minimum Gasteiger partial charge on any atom is -0.351 e. The molecule has 0 atom stereocenters. The summed E-state index contributed by atoms with van der Waals surface area (Å²) in [6.07, 6.45) is 5.67. The monoisotopic (exact) mass is 380 g/mol. The zero-order valence-corrected chi connectivity index (χ0v) is 16.1. The number of benzene rings is 1. The molecule has 28 heavy (non-hydrogen) atoms. The van der Waals surface area contributed by atoms with Crippen LogP contribution in [0.1, 0.15) is 29.6 Å². The van der Waals surface area contributed by atoms with Crippen LogP contribution in [0.5, 0.6) is 0 Å². The Kier molecular flexibility index (Phi) is 5.39. The third-order valence-corrected chi connectivity index (χ3v) is 5.38. The van der Waals surface area contributed by atoms with Crippen LogP contribution in [0.25, 0.3) is 22.3 Å². The number of nitrogens with one attached hydrogen (secondary N) is 1. The molecule has 0 saturated carbocycles. The van der Waals surface area contributed by atoms with Gasteiger partial charge < -0.3 is 14.8 Å². The van der Waals surface area contributed by atoms with Crippen molar-refractivity contribution < 1.29 is 9.18 Å². The van der Waals surface area contributed by atoms with E-state index < -0.39 is 0 Å². The lowest BCUT2D eigenvalue weighted by Crippen LogP contribution is -2.37. The number of aryl methyl sites for hydroxylation is 1. The number of pyridine rings is 1. The lowest BCUT2D eigenvalue weighted by Gasteiger charge is -2.26. The van der Waals surface area contributed by atoms with Crippen molar-refractivity contribution in [1.82, 2.24) is 19.8 Å². The van der Waals surface area contributed by atoms with Crippen LogP contribution in [0, 0.1) is 5.82 Å². The van der Waals surface area contributed by atoms with E-state index in [-0.39, 0.29) is 11.7 Å². The van der Waals surface area contributed by atoms with Gasteiger partial charge in [0.05, 0.1) is 22.5 Å². The molecule has 1 amide bonds. The first-order valence-corrected chi connectivity index (χ1v) is 9.84. The number of piperidine rings is 1. The van der Waals surface area contributed by atoms with Gasteiger partial charge in [-0.2, -0.15) is 0 Å². The highest BCUT2D eigenvalue weighted by molar-refractivity contribution is 6.07. The van der Waals surface area contributed by atoms with Gasteiger partial charge in [0, 0.05) is 31.7 Å². The van der Waals surface area contributed by atoms with Gasteiger partial charge in [-0.1, -0.05) is 6.42 Å². The molecule has 3 heterocycles. The molecule has 6 heteroatoms. The topological polar surface area (TPSA) is 50.2 Å². The fraction of sp³-hybridized carbons (Fsp3) is 0.364. The van der Waals surface area contributed by atoms with Crippen LogP contribution in [0.4, 0.5) is 4.39 Å². The van der Waals surface area contributed by atoms with Crippen molar-refractivity contribution in [2.45, 2.75) is 19.3 Å². The highest BCUT2D eigenvalue weighted by Crippen LogP contribution is 2.25. The Bertz CT molecular complexity index is 991. The molecule has 146 valence electrons. The number of rotatable bonds is 5. The van der Waals surface area contributed by atoms with E-state index in [9.17, 15) is 9.18 Å². The summed E-state index contributed by atoms with van der Waals surface area (Å²) in [7, 11) is 1.93. The molecular weight excluding hydrogens is 355 g/mol. The molecule has 0 radical (unpaired) electrons. The van der Waals surface area contributed by atoms with E-state index in [1.54, 1.807) is 12.1 Å². The van der Waals surface area contributed by atoms with Gasteiger partial charge in [-0.25, -0.2) is 9.37 Å². The van der Waals surface area contributed by atoms with Crippen LogP contribution < -0.4 is 5.32 Å². The maximum Gasteiger partial charge on any atom is 0.252 e. The lowest BCUT2D eigenvalue weighted by molar-refractivity contribution is 0.0948. The van der Waals surface area contributed by atoms with Crippen LogP contribution in [0.3, 0.4) is 0 Å². The van der Waals surface area contributed by atoms with Gasteiger partial charge in [0.15, 0.2) is 0 Å². The first kappa shape index (κ1) is 18.6. The van der Waals surface area contributed by atoms with E-state index in [1.807, 2.05) is 29.9 Å². The van der Waals surface area contributed by atoms with Gasteiger partial charge in [0.25, 0.3) is 5.91 Å². The number of fused-ring (bicyclic) bond motifs is 1. The number of carbonyl (C=O) groups excluding carboxylic acids is 1. The summed E-state index contributed by atoms with van der Waals surface area (Å²) in [6.45, 7) is 3.61. The van der Waals surface area contributed by atoms with E-state index in [2.05, 4.69) is 15.2 Å². The number of hydrogen-bond donors (Lipinski definition) is 1. The maximum absolute atomic E-state index is 13.8. The predicted molar refractivity (Wildman–Crippen MR) is 109 cm³/mol. The minimum atomic E-state index is -0.372. The Labute approximate surface area is 164 Å². The van der Waals surface area contributed by atoms with Gasteiger partial charge >= 0.3 is 0 Å². The van der Waals surface area contributed by atoms with E-state index in [4.69, 9.17) is 0 Å². The van der Waals surface area contributed by atoms with Crippen LogP contribution in [0.15, 0.2) is 42.6 Å². The molecule has 0 bridgehead atoms.